The van der Waals surface area contributed by atoms with Crippen molar-refractivity contribution in [2.75, 3.05) is 13.2 Å². The number of carbonyl (C=O) groups excluding carboxylic acids is 2. The van der Waals surface area contributed by atoms with Crippen LogP contribution in [0.2, 0.25) is 0 Å². The summed E-state index contributed by atoms with van der Waals surface area (Å²) in [6, 6.07) is 0. The average Bonchev–Trinajstić information content (AvgIpc) is 2.04. The van der Waals surface area contributed by atoms with Crippen molar-refractivity contribution in [3.8, 4) is 0 Å². The Bertz CT molecular complexity index is 174. The maximum Gasteiger partial charge on any atom is 0.309 e. The molecule has 0 aromatic rings. The van der Waals surface area contributed by atoms with Crippen LogP contribution < -0.4 is 0 Å². The van der Waals surface area contributed by atoms with Gasteiger partial charge in [-0.3, -0.25) is 9.59 Å². The Kier molecular flexibility index (Phi) is 5.93. The summed E-state index contributed by atoms with van der Waals surface area (Å²) < 4.78 is 9.43. The third-order valence-electron chi connectivity index (χ3n) is 1.33. The predicted octanol–water partition coefficient (Wildman–Crippen LogP) is 1.14. The first-order chi connectivity index (χ1) is 6.07. The molecule has 0 bridgehead atoms. The molecule has 0 aromatic carbocycles. The van der Waals surface area contributed by atoms with E-state index in [0.717, 1.165) is 0 Å². The Morgan fingerprint density at radius 1 is 1.23 bits per heavy atom. The first-order valence-electron chi connectivity index (χ1n) is 4.40. The molecule has 0 saturated heterocycles. The standard InChI is InChI=1S/C9H16O4/c1-4-12-8(10)5-6-13-9(11)7(2)3/h7H,4-6H2,1-3H3. The van der Waals surface area contributed by atoms with E-state index in [0.29, 0.717) is 6.61 Å². The smallest absolute Gasteiger partial charge is 0.309 e. The zero-order chi connectivity index (χ0) is 10.3. The van der Waals surface area contributed by atoms with Gasteiger partial charge in [-0.25, -0.2) is 0 Å². The Balaban J connectivity index is 3.45. The van der Waals surface area contributed by atoms with Crippen LogP contribution in [-0.4, -0.2) is 25.2 Å². The zero-order valence-electron chi connectivity index (χ0n) is 8.33. The highest BCUT2D eigenvalue weighted by atomic mass is 16.5. The van der Waals surface area contributed by atoms with E-state index in [1.54, 1.807) is 20.8 Å². The number of hydrogen-bond donors (Lipinski definition) is 0. The van der Waals surface area contributed by atoms with Crippen molar-refractivity contribution >= 4 is 11.9 Å². The van der Waals surface area contributed by atoms with Crippen molar-refractivity contribution in [3.63, 3.8) is 0 Å². The second-order valence-electron chi connectivity index (χ2n) is 2.88. The second-order valence-corrected chi connectivity index (χ2v) is 2.88. The number of ether oxygens (including phenoxy) is 2. The summed E-state index contributed by atoms with van der Waals surface area (Å²) in [5.41, 5.74) is 0. The summed E-state index contributed by atoms with van der Waals surface area (Å²) in [4.78, 5) is 21.7. The molecule has 0 saturated carbocycles. The van der Waals surface area contributed by atoms with Gasteiger partial charge in [0.1, 0.15) is 6.61 Å². The molecule has 0 aliphatic heterocycles. The fourth-order valence-electron chi connectivity index (χ4n) is 0.635. The molecular formula is C9H16O4. The topological polar surface area (TPSA) is 52.6 Å². The van der Waals surface area contributed by atoms with E-state index in [1.165, 1.54) is 0 Å². The first kappa shape index (κ1) is 11.9. The van der Waals surface area contributed by atoms with E-state index >= 15 is 0 Å². The summed E-state index contributed by atoms with van der Waals surface area (Å²) in [6.07, 6.45) is 0.131. The number of esters is 2. The lowest BCUT2D eigenvalue weighted by Crippen LogP contribution is -2.15. The van der Waals surface area contributed by atoms with Gasteiger partial charge in [0.15, 0.2) is 0 Å². The molecule has 0 rings (SSSR count). The minimum atomic E-state index is -0.334. The van der Waals surface area contributed by atoms with Crippen LogP contribution in [0.3, 0.4) is 0 Å². The van der Waals surface area contributed by atoms with Crippen LogP contribution in [0.5, 0.6) is 0 Å². The van der Waals surface area contributed by atoms with E-state index < -0.39 is 0 Å². The van der Waals surface area contributed by atoms with Crippen LogP contribution in [0.4, 0.5) is 0 Å². The van der Waals surface area contributed by atoms with E-state index in [9.17, 15) is 9.59 Å². The number of hydrogen-bond acceptors (Lipinski definition) is 4. The molecule has 0 aromatic heterocycles. The van der Waals surface area contributed by atoms with Gasteiger partial charge in [0.25, 0.3) is 0 Å². The van der Waals surface area contributed by atoms with Crippen LogP contribution in [-0.2, 0) is 19.1 Å². The lowest BCUT2D eigenvalue weighted by atomic mass is 10.2. The second kappa shape index (κ2) is 6.46. The maximum atomic E-state index is 10.9. The lowest BCUT2D eigenvalue weighted by Gasteiger charge is -2.06. The Morgan fingerprint density at radius 2 is 1.85 bits per heavy atom. The van der Waals surface area contributed by atoms with Gasteiger partial charge in [0.2, 0.25) is 0 Å². The Morgan fingerprint density at radius 3 is 2.31 bits per heavy atom. The van der Waals surface area contributed by atoms with E-state index in [4.69, 9.17) is 4.74 Å². The minimum absolute atomic E-state index is 0.107. The fraction of sp³-hybridized carbons (Fsp3) is 0.778. The lowest BCUT2D eigenvalue weighted by molar-refractivity contribution is -0.151. The third-order valence-corrected chi connectivity index (χ3v) is 1.33. The van der Waals surface area contributed by atoms with Crippen LogP contribution in [0.15, 0.2) is 0 Å². The number of rotatable bonds is 5. The molecule has 0 spiro atoms. The molecule has 0 aliphatic carbocycles. The van der Waals surface area contributed by atoms with Crippen molar-refractivity contribution in [1.29, 1.82) is 0 Å². The summed E-state index contributed by atoms with van der Waals surface area (Å²) >= 11 is 0. The predicted molar refractivity (Wildman–Crippen MR) is 47.0 cm³/mol. The van der Waals surface area contributed by atoms with Gasteiger partial charge in [0.05, 0.1) is 18.9 Å². The van der Waals surface area contributed by atoms with Crippen LogP contribution >= 0.6 is 0 Å². The molecule has 0 unspecified atom stereocenters. The van der Waals surface area contributed by atoms with Gasteiger partial charge in [-0.15, -0.1) is 0 Å². The van der Waals surface area contributed by atoms with Crippen molar-refractivity contribution in [1.82, 2.24) is 0 Å². The number of carbonyl (C=O) groups is 2. The summed E-state index contributed by atoms with van der Waals surface area (Å²) in [7, 11) is 0. The molecule has 0 radical (unpaired) electrons. The van der Waals surface area contributed by atoms with E-state index in [1.807, 2.05) is 0 Å². The molecule has 0 fully saturated rings. The van der Waals surface area contributed by atoms with E-state index in [2.05, 4.69) is 4.74 Å². The molecule has 13 heavy (non-hydrogen) atoms. The molecule has 0 heterocycles. The molecule has 4 heteroatoms. The molecule has 0 N–H and O–H groups in total. The zero-order valence-corrected chi connectivity index (χ0v) is 8.33. The average molecular weight is 188 g/mol. The maximum absolute atomic E-state index is 10.9. The Hall–Kier alpha value is -1.06. The molecule has 76 valence electrons. The van der Waals surface area contributed by atoms with Crippen LogP contribution in [0, 0.1) is 5.92 Å². The summed E-state index contributed by atoms with van der Waals surface area (Å²) in [5.74, 6) is -0.773. The fourth-order valence-corrected chi connectivity index (χ4v) is 0.635. The summed E-state index contributed by atoms with van der Waals surface area (Å²) in [5, 5.41) is 0. The van der Waals surface area contributed by atoms with Gasteiger partial charge in [-0.05, 0) is 6.92 Å². The Labute approximate surface area is 78.2 Å². The third kappa shape index (κ3) is 6.13. The largest absolute Gasteiger partial charge is 0.466 e. The van der Waals surface area contributed by atoms with Crippen molar-refractivity contribution in [2.24, 2.45) is 5.92 Å². The monoisotopic (exact) mass is 188 g/mol. The van der Waals surface area contributed by atoms with Gasteiger partial charge >= 0.3 is 11.9 Å². The van der Waals surface area contributed by atoms with Crippen molar-refractivity contribution in [2.45, 2.75) is 27.2 Å². The molecule has 0 amide bonds. The quantitative estimate of drug-likeness (QED) is 0.607. The van der Waals surface area contributed by atoms with Gasteiger partial charge in [-0.1, -0.05) is 13.8 Å². The van der Waals surface area contributed by atoms with E-state index in [-0.39, 0.29) is 30.9 Å². The highest BCUT2D eigenvalue weighted by Gasteiger charge is 2.09. The molecule has 0 aliphatic rings. The molecule has 4 nitrogen and oxygen atoms in total. The van der Waals surface area contributed by atoms with Gasteiger partial charge < -0.3 is 9.47 Å². The molecule has 0 atom stereocenters. The minimum Gasteiger partial charge on any atom is -0.466 e. The SMILES string of the molecule is CCOC(=O)CCOC(=O)C(C)C. The summed E-state index contributed by atoms with van der Waals surface area (Å²) in [6.45, 7) is 5.68. The molecular weight excluding hydrogens is 172 g/mol. The van der Waals surface area contributed by atoms with Crippen molar-refractivity contribution in [3.05, 3.63) is 0 Å². The normalized spacial score (nSPS) is 9.85. The van der Waals surface area contributed by atoms with Gasteiger partial charge in [-0.2, -0.15) is 0 Å². The highest BCUT2D eigenvalue weighted by Crippen LogP contribution is 1.97. The van der Waals surface area contributed by atoms with Crippen LogP contribution in [0.25, 0.3) is 0 Å². The van der Waals surface area contributed by atoms with Gasteiger partial charge in [0, 0.05) is 0 Å². The highest BCUT2D eigenvalue weighted by molar-refractivity contribution is 5.73. The van der Waals surface area contributed by atoms with Crippen molar-refractivity contribution < 1.29 is 19.1 Å². The van der Waals surface area contributed by atoms with Crippen LogP contribution in [0.1, 0.15) is 27.2 Å². The first-order valence-corrected chi connectivity index (χ1v) is 4.40.